The molecular formula is C11H8N6O2. The van der Waals surface area contributed by atoms with Crippen LogP contribution in [-0.2, 0) is 6.54 Å². The highest BCUT2D eigenvalue weighted by Gasteiger charge is 2.13. The summed E-state index contributed by atoms with van der Waals surface area (Å²) in [7, 11) is 0. The molecule has 8 nitrogen and oxygen atoms in total. The maximum absolute atomic E-state index is 11.2. The molecule has 0 aliphatic heterocycles. The van der Waals surface area contributed by atoms with Gasteiger partial charge in [0.25, 0.3) is 5.91 Å². The number of furan rings is 1. The van der Waals surface area contributed by atoms with E-state index in [0.29, 0.717) is 5.76 Å². The molecule has 0 saturated carbocycles. The molecule has 0 unspecified atom stereocenters. The van der Waals surface area contributed by atoms with Gasteiger partial charge in [-0.1, -0.05) is 0 Å². The minimum atomic E-state index is -0.473. The lowest BCUT2D eigenvalue weighted by Crippen LogP contribution is -2.29. The van der Waals surface area contributed by atoms with Gasteiger partial charge >= 0.3 is 0 Å². The summed E-state index contributed by atoms with van der Waals surface area (Å²) in [5.74, 6) is 4.97. The molecule has 2 rings (SSSR count). The molecule has 0 saturated heterocycles. The van der Waals surface area contributed by atoms with Crippen molar-refractivity contribution in [2.75, 3.05) is 0 Å². The number of amides is 1. The highest BCUT2D eigenvalue weighted by Crippen LogP contribution is 2.12. The topological polar surface area (TPSA) is 134 Å². The SMILES string of the molecule is N#Cc1ncn(Cc2cc(C(=O)NN)co2)c1C#N. The van der Waals surface area contributed by atoms with Gasteiger partial charge in [0.2, 0.25) is 0 Å². The molecule has 2 aromatic heterocycles. The van der Waals surface area contributed by atoms with E-state index in [1.165, 1.54) is 23.2 Å². The van der Waals surface area contributed by atoms with Crippen molar-refractivity contribution in [1.82, 2.24) is 15.0 Å². The molecule has 0 atom stereocenters. The lowest BCUT2D eigenvalue weighted by atomic mass is 10.3. The zero-order valence-corrected chi connectivity index (χ0v) is 9.62. The van der Waals surface area contributed by atoms with Crippen molar-refractivity contribution in [3.05, 3.63) is 41.4 Å². The van der Waals surface area contributed by atoms with Crippen LogP contribution in [-0.4, -0.2) is 15.5 Å². The van der Waals surface area contributed by atoms with Gasteiger partial charge in [-0.15, -0.1) is 0 Å². The van der Waals surface area contributed by atoms with E-state index < -0.39 is 5.91 Å². The monoisotopic (exact) mass is 256 g/mol. The summed E-state index contributed by atoms with van der Waals surface area (Å²) in [6, 6.07) is 5.21. The molecule has 0 aliphatic rings. The highest BCUT2D eigenvalue weighted by molar-refractivity contribution is 5.93. The van der Waals surface area contributed by atoms with Gasteiger partial charge in [0.1, 0.15) is 24.2 Å². The van der Waals surface area contributed by atoms with Crippen molar-refractivity contribution in [1.29, 1.82) is 10.5 Å². The first-order valence-electron chi connectivity index (χ1n) is 5.13. The average Bonchev–Trinajstić information content (AvgIpc) is 3.04. The summed E-state index contributed by atoms with van der Waals surface area (Å²) in [6.07, 6.45) is 2.62. The van der Waals surface area contributed by atoms with E-state index in [2.05, 4.69) is 4.98 Å². The van der Waals surface area contributed by atoms with Crippen molar-refractivity contribution in [3.63, 3.8) is 0 Å². The quantitative estimate of drug-likeness (QED) is 0.446. The Balaban J connectivity index is 2.25. The summed E-state index contributed by atoms with van der Waals surface area (Å²) in [6.45, 7) is 0.190. The second-order valence-electron chi connectivity index (χ2n) is 3.57. The fourth-order valence-electron chi connectivity index (χ4n) is 1.54. The standard InChI is InChI=1S/C11H8N6O2/c12-2-9-10(3-13)17(6-15-9)4-8-1-7(5-19-8)11(18)16-14/h1,5-6H,4,14H2,(H,16,18). The van der Waals surface area contributed by atoms with Crippen LogP contribution < -0.4 is 11.3 Å². The van der Waals surface area contributed by atoms with Crippen LogP contribution >= 0.6 is 0 Å². The Labute approximate surface area is 107 Å². The minimum Gasteiger partial charge on any atom is -0.467 e. The van der Waals surface area contributed by atoms with Crippen LogP contribution in [0.15, 0.2) is 23.1 Å². The summed E-state index contributed by atoms with van der Waals surface area (Å²) in [5, 5.41) is 17.7. The number of hydrazine groups is 1. The number of carbonyl (C=O) groups excluding carboxylic acids is 1. The molecule has 0 radical (unpaired) electrons. The molecule has 8 heteroatoms. The molecule has 0 fully saturated rings. The van der Waals surface area contributed by atoms with Gasteiger partial charge in [0.15, 0.2) is 11.4 Å². The van der Waals surface area contributed by atoms with E-state index >= 15 is 0 Å². The maximum Gasteiger partial charge on any atom is 0.268 e. The molecule has 19 heavy (non-hydrogen) atoms. The van der Waals surface area contributed by atoms with Gasteiger partial charge in [0, 0.05) is 0 Å². The maximum atomic E-state index is 11.2. The molecule has 0 aromatic carbocycles. The Bertz CT molecular complexity index is 700. The van der Waals surface area contributed by atoms with Crippen molar-refractivity contribution < 1.29 is 9.21 Å². The van der Waals surface area contributed by atoms with Crippen molar-refractivity contribution in [2.45, 2.75) is 6.54 Å². The molecule has 94 valence electrons. The zero-order chi connectivity index (χ0) is 13.8. The molecule has 0 bridgehead atoms. The molecule has 1 amide bonds. The third kappa shape index (κ3) is 2.29. The zero-order valence-electron chi connectivity index (χ0n) is 9.62. The number of carbonyl (C=O) groups is 1. The first kappa shape index (κ1) is 12.4. The van der Waals surface area contributed by atoms with Crippen LogP contribution in [0.2, 0.25) is 0 Å². The lowest BCUT2D eigenvalue weighted by Gasteiger charge is -1.99. The fraction of sp³-hybridized carbons (Fsp3) is 0.0909. The predicted octanol–water partition coefficient (Wildman–Crippen LogP) is -0.129. The predicted molar refractivity (Wildman–Crippen MR) is 61.1 cm³/mol. The average molecular weight is 256 g/mol. The number of aromatic nitrogens is 2. The molecule has 0 aliphatic carbocycles. The number of nitrogen functional groups attached to an aromatic ring is 1. The summed E-state index contributed by atoms with van der Waals surface area (Å²) in [5.41, 5.74) is 2.45. The van der Waals surface area contributed by atoms with Crippen LogP contribution in [0, 0.1) is 22.7 Å². The van der Waals surface area contributed by atoms with E-state index in [1.54, 1.807) is 0 Å². The van der Waals surface area contributed by atoms with Gasteiger partial charge in [-0.25, -0.2) is 10.8 Å². The van der Waals surface area contributed by atoms with Gasteiger partial charge in [-0.05, 0) is 6.07 Å². The summed E-state index contributed by atoms with van der Waals surface area (Å²) >= 11 is 0. The first-order chi connectivity index (χ1) is 9.19. The van der Waals surface area contributed by atoms with Gasteiger partial charge < -0.3 is 8.98 Å². The fourth-order valence-corrected chi connectivity index (χ4v) is 1.54. The summed E-state index contributed by atoms with van der Waals surface area (Å²) < 4.78 is 6.64. The van der Waals surface area contributed by atoms with E-state index in [-0.39, 0.29) is 23.5 Å². The van der Waals surface area contributed by atoms with Gasteiger partial charge in [0.05, 0.1) is 18.4 Å². The first-order valence-corrected chi connectivity index (χ1v) is 5.13. The molecule has 3 N–H and O–H groups in total. The van der Waals surface area contributed by atoms with Crippen molar-refractivity contribution in [2.24, 2.45) is 5.84 Å². The normalized spacial score (nSPS) is 9.63. The summed E-state index contributed by atoms with van der Waals surface area (Å²) in [4.78, 5) is 15.0. The lowest BCUT2D eigenvalue weighted by molar-refractivity contribution is 0.0953. The van der Waals surface area contributed by atoms with Crippen LogP contribution in [0.1, 0.15) is 27.5 Å². The Morgan fingerprint density at radius 2 is 2.32 bits per heavy atom. The van der Waals surface area contributed by atoms with E-state index in [0.717, 1.165) is 0 Å². The second-order valence-corrected chi connectivity index (χ2v) is 3.57. The number of imidazole rings is 1. The number of nitrogens with zero attached hydrogens (tertiary/aromatic N) is 4. The largest absolute Gasteiger partial charge is 0.467 e. The highest BCUT2D eigenvalue weighted by atomic mass is 16.3. The van der Waals surface area contributed by atoms with E-state index in [1.807, 2.05) is 17.6 Å². The number of nitrogens with one attached hydrogen (secondary N) is 1. The minimum absolute atomic E-state index is 0.0500. The number of nitrogens with two attached hydrogens (primary N) is 1. The second kappa shape index (κ2) is 5.04. The molecule has 0 spiro atoms. The third-order valence-electron chi connectivity index (χ3n) is 2.42. The number of nitriles is 2. The van der Waals surface area contributed by atoms with Crippen molar-refractivity contribution >= 4 is 5.91 Å². The van der Waals surface area contributed by atoms with Crippen LogP contribution in [0.4, 0.5) is 0 Å². The Hall–Kier alpha value is -3.10. The number of hydrogen-bond acceptors (Lipinski definition) is 6. The Morgan fingerprint density at radius 1 is 1.53 bits per heavy atom. The smallest absolute Gasteiger partial charge is 0.268 e. The van der Waals surface area contributed by atoms with Crippen LogP contribution in [0.3, 0.4) is 0 Å². The van der Waals surface area contributed by atoms with Gasteiger partial charge in [-0.2, -0.15) is 10.5 Å². The molecule has 2 heterocycles. The number of rotatable bonds is 3. The third-order valence-corrected chi connectivity index (χ3v) is 2.42. The van der Waals surface area contributed by atoms with Crippen LogP contribution in [0.25, 0.3) is 0 Å². The van der Waals surface area contributed by atoms with Crippen LogP contribution in [0.5, 0.6) is 0 Å². The molecular weight excluding hydrogens is 248 g/mol. The molecule has 2 aromatic rings. The Kier molecular flexibility index (Phi) is 3.28. The van der Waals surface area contributed by atoms with E-state index in [4.69, 9.17) is 20.8 Å². The van der Waals surface area contributed by atoms with Crippen molar-refractivity contribution in [3.8, 4) is 12.1 Å². The Morgan fingerprint density at radius 3 is 2.95 bits per heavy atom. The van der Waals surface area contributed by atoms with Gasteiger partial charge in [-0.3, -0.25) is 10.2 Å². The number of hydrogen-bond donors (Lipinski definition) is 2. The van der Waals surface area contributed by atoms with E-state index in [9.17, 15) is 4.79 Å².